The molecule has 0 amide bonds. The molecule has 0 aliphatic heterocycles. The zero-order chi connectivity index (χ0) is 14.7. The summed E-state index contributed by atoms with van der Waals surface area (Å²) in [7, 11) is 0. The largest absolute Gasteiger partial charge is 0.488 e. The Balaban J connectivity index is 2.25. The summed E-state index contributed by atoms with van der Waals surface area (Å²) in [5.41, 5.74) is 1.36. The van der Waals surface area contributed by atoms with Gasteiger partial charge in [0.15, 0.2) is 6.29 Å². The van der Waals surface area contributed by atoms with Gasteiger partial charge in [0.2, 0.25) is 0 Å². The van der Waals surface area contributed by atoms with Crippen molar-refractivity contribution in [2.24, 2.45) is 0 Å². The van der Waals surface area contributed by atoms with Gasteiger partial charge in [-0.05, 0) is 36.8 Å². The Labute approximate surface area is 123 Å². The van der Waals surface area contributed by atoms with Gasteiger partial charge in [-0.15, -0.1) is 0 Å². The highest BCUT2D eigenvalue weighted by Crippen LogP contribution is 2.28. The molecule has 0 heterocycles. The molecule has 0 aliphatic rings. The Hall–Kier alpha value is -1.75. The molecule has 0 aliphatic carbocycles. The van der Waals surface area contributed by atoms with Crippen LogP contribution < -0.4 is 4.74 Å². The number of hydrogen-bond acceptors (Lipinski definition) is 2. The molecule has 0 saturated heterocycles. The molecule has 0 spiro atoms. The lowest BCUT2D eigenvalue weighted by Gasteiger charge is -2.12. The van der Waals surface area contributed by atoms with E-state index in [0.717, 1.165) is 22.2 Å². The van der Waals surface area contributed by atoms with E-state index < -0.39 is 11.6 Å². The molecule has 0 saturated carbocycles. The number of ether oxygens (including phenoxy) is 1. The van der Waals surface area contributed by atoms with E-state index in [1.165, 1.54) is 6.07 Å². The lowest BCUT2D eigenvalue weighted by atomic mass is 10.1. The van der Waals surface area contributed by atoms with Gasteiger partial charge in [0.05, 0.1) is 5.56 Å². The van der Waals surface area contributed by atoms with Crippen LogP contribution in [0.3, 0.4) is 0 Å². The van der Waals surface area contributed by atoms with E-state index in [-0.39, 0.29) is 12.2 Å². The van der Waals surface area contributed by atoms with Gasteiger partial charge in [0, 0.05) is 16.1 Å². The van der Waals surface area contributed by atoms with Gasteiger partial charge in [-0.25, -0.2) is 8.78 Å². The van der Waals surface area contributed by atoms with Crippen LogP contribution in [0, 0.1) is 18.6 Å². The molecule has 0 N–H and O–H groups in total. The van der Waals surface area contributed by atoms with Crippen LogP contribution in [-0.2, 0) is 6.61 Å². The first-order valence-electron chi connectivity index (χ1n) is 5.83. The van der Waals surface area contributed by atoms with Crippen LogP contribution in [0.1, 0.15) is 21.5 Å². The Morgan fingerprint density at radius 1 is 1.25 bits per heavy atom. The van der Waals surface area contributed by atoms with Gasteiger partial charge < -0.3 is 4.74 Å². The van der Waals surface area contributed by atoms with Crippen LogP contribution in [0.15, 0.2) is 34.8 Å². The van der Waals surface area contributed by atoms with Crippen LogP contribution in [0.5, 0.6) is 5.75 Å². The van der Waals surface area contributed by atoms with Crippen molar-refractivity contribution in [3.05, 3.63) is 63.1 Å². The molecule has 5 heteroatoms. The van der Waals surface area contributed by atoms with Crippen molar-refractivity contribution in [2.75, 3.05) is 0 Å². The Morgan fingerprint density at radius 3 is 2.65 bits per heavy atom. The maximum absolute atomic E-state index is 13.5. The summed E-state index contributed by atoms with van der Waals surface area (Å²) in [4.78, 5) is 11.0. The Kier molecular flexibility index (Phi) is 4.49. The number of benzene rings is 2. The van der Waals surface area contributed by atoms with Crippen molar-refractivity contribution in [1.29, 1.82) is 0 Å². The average Bonchev–Trinajstić information content (AvgIpc) is 2.38. The second kappa shape index (κ2) is 6.13. The maximum Gasteiger partial charge on any atom is 0.153 e. The first-order valence-corrected chi connectivity index (χ1v) is 6.62. The molecule has 0 aromatic heterocycles. The van der Waals surface area contributed by atoms with Crippen LogP contribution in [-0.4, -0.2) is 6.29 Å². The van der Waals surface area contributed by atoms with Crippen molar-refractivity contribution in [3.63, 3.8) is 0 Å². The molecule has 0 atom stereocenters. The molecule has 0 unspecified atom stereocenters. The van der Waals surface area contributed by atoms with E-state index in [2.05, 4.69) is 15.9 Å². The fourth-order valence-electron chi connectivity index (χ4n) is 1.83. The second-order valence-corrected chi connectivity index (χ2v) is 5.20. The lowest BCUT2D eigenvalue weighted by molar-refractivity contribution is 0.111. The predicted octanol–water partition coefficient (Wildman–Crippen LogP) is 4.43. The van der Waals surface area contributed by atoms with Crippen molar-refractivity contribution in [3.8, 4) is 5.75 Å². The quantitative estimate of drug-likeness (QED) is 0.769. The molecule has 2 nitrogen and oxygen atoms in total. The van der Waals surface area contributed by atoms with E-state index in [1.807, 2.05) is 0 Å². The molecule has 2 rings (SSSR count). The summed E-state index contributed by atoms with van der Waals surface area (Å²) in [6.45, 7) is 1.71. The molecular formula is C15H11BrF2O2. The summed E-state index contributed by atoms with van der Waals surface area (Å²) in [6.07, 6.45) is 0.675. The average molecular weight is 341 g/mol. The number of hydrogen-bond donors (Lipinski definition) is 0. The van der Waals surface area contributed by atoms with Crippen molar-refractivity contribution >= 4 is 22.2 Å². The van der Waals surface area contributed by atoms with Gasteiger partial charge in [0.25, 0.3) is 0 Å². The molecule has 20 heavy (non-hydrogen) atoms. The summed E-state index contributed by atoms with van der Waals surface area (Å²) in [6, 6.07) is 6.70. The van der Waals surface area contributed by atoms with Crippen LogP contribution in [0.4, 0.5) is 8.78 Å². The van der Waals surface area contributed by atoms with E-state index in [9.17, 15) is 13.6 Å². The standard InChI is InChI=1S/C15H11BrF2O2/c1-9-4-12(16)5-11(7-19)15(9)20-8-10-2-3-13(17)6-14(10)18/h2-7H,8H2,1H3. The minimum absolute atomic E-state index is 0.0740. The lowest BCUT2D eigenvalue weighted by Crippen LogP contribution is -2.02. The summed E-state index contributed by atoms with van der Waals surface area (Å²) >= 11 is 3.29. The normalized spacial score (nSPS) is 10.4. The van der Waals surface area contributed by atoms with Gasteiger partial charge in [-0.3, -0.25) is 4.79 Å². The number of carbonyl (C=O) groups is 1. The third-order valence-electron chi connectivity index (χ3n) is 2.78. The summed E-state index contributed by atoms with van der Waals surface area (Å²) < 4.78 is 32.6. The number of aldehydes is 1. The van der Waals surface area contributed by atoms with Gasteiger partial charge in [-0.2, -0.15) is 0 Å². The molecule has 0 radical (unpaired) electrons. The van der Waals surface area contributed by atoms with E-state index in [4.69, 9.17) is 4.74 Å². The molecule has 104 valence electrons. The first-order chi connectivity index (χ1) is 9.51. The minimum atomic E-state index is -0.674. The Morgan fingerprint density at radius 2 is 2.00 bits per heavy atom. The SMILES string of the molecule is Cc1cc(Br)cc(C=O)c1OCc1ccc(F)cc1F. The van der Waals surface area contributed by atoms with Gasteiger partial charge in [-0.1, -0.05) is 15.9 Å². The summed E-state index contributed by atoms with van der Waals surface area (Å²) in [5.74, 6) is -0.918. The molecule has 2 aromatic carbocycles. The first kappa shape index (κ1) is 14.7. The topological polar surface area (TPSA) is 26.3 Å². The highest BCUT2D eigenvalue weighted by atomic mass is 79.9. The van der Waals surface area contributed by atoms with Gasteiger partial charge >= 0.3 is 0 Å². The second-order valence-electron chi connectivity index (χ2n) is 4.28. The monoisotopic (exact) mass is 340 g/mol. The van der Waals surface area contributed by atoms with Crippen molar-refractivity contribution < 1.29 is 18.3 Å². The third kappa shape index (κ3) is 3.22. The number of rotatable bonds is 4. The predicted molar refractivity (Wildman–Crippen MR) is 75.0 cm³/mol. The zero-order valence-corrected chi connectivity index (χ0v) is 12.2. The molecule has 2 aromatic rings. The zero-order valence-electron chi connectivity index (χ0n) is 10.6. The fraction of sp³-hybridized carbons (Fsp3) is 0.133. The van der Waals surface area contributed by atoms with Crippen LogP contribution in [0.25, 0.3) is 0 Å². The third-order valence-corrected chi connectivity index (χ3v) is 3.24. The maximum atomic E-state index is 13.5. The fourth-order valence-corrected chi connectivity index (χ4v) is 2.42. The van der Waals surface area contributed by atoms with Crippen LogP contribution in [0.2, 0.25) is 0 Å². The summed E-state index contributed by atoms with van der Waals surface area (Å²) in [5, 5.41) is 0. The van der Waals surface area contributed by atoms with Gasteiger partial charge in [0.1, 0.15) is 24.0 Å². The highest BCUT2D eigenvalue weighted by molar-refractivity contribution is 9.10. The number of carbonyl (C=O) groups excluding carboxylic acids is 1. The molecule has 0 bridgehead atoms. The van der Waals surface area contributed by atoms with Crippen LogP contribution >= 0.6 is 15.9 Å². The smallest absolute Gasteiger partial charge is 0.153 e. The van der Waals surface area contributed by atoms with E-state index >= 15 is 0 Å². The number of halogens is 3. The Bertz CT molecular complexity index is 657. The highest BCUT2D eigenvalue weighted by Gasteiger charge is 2.10. The van der Waals surface area contributed by atoms with E-state index in [1.54, 1.807) is 19.1 Å². The number of aryl methyl sites for hydroxylation is 1. The molecule has 0 fully saturated rings. The minimum Gasteiger partial charge on any atom is -0.488 e. The van der Waals surface area contributed by atoms with Crippen molar-refractivity contribution in [2.45, 2.75) is 13.5 Å². The van der Waals surface area contributed by atoms with E-state index in [0.29, 0.717) is 17.6 Å². The van der Waals surface area contributed by atoms with Crippen molar-refractivity contribution in [1.82, 2.24) is 0 Å². The molecular weight excluding hydrogens is 330 g/mol.